The lowest BCUT2D eigenvalue weighted by Gasteiger charge is -2.37. The van der Waals surface area contributed by atoms with Gasteiger partial charge in [-0.15, -0.1) is 0 Å². The second-order valence-corrected chi connectivity index (χ2v) is 14.7. The molecule has 57 heavy (non-hydrogen) atoms. The molecule has 1 aliphatic carbocycles. The number of carbonyl (C=O) groups is 3. The minimum atomic E-state index is -0.797. The molecule has 4 aromatic carbocycles. The van der Waals surface area contributed by atoms with Crippen molar-refractivity contribution in [2.24, 2.45) is 0 Å². The van der Waals surface area contributed by atoms with Crippen LogP contribution in [0.5, 0.6) is 0 Å². The lowest BCUT2D eigenvalue weighted by atomic mass is 9.94. The predicted molar refractivity (Wildman–Crippen MR) is 232 cm³/mol. The molecule has 0 spiro atoms. The van der Waals surface area contributed by atoms with E-state index in [1.807, 2.05) is 131 Å². The van der Waals surface area contributed by atoms with E-state index in [0.717, 1.165) is 44.1 Å². The van der Waals surface area contributed by atoms with Crippen LogP contribution in [0.15, 0.2) is 127 Å². The third-order valence-electron chi connectivity index (χ3n) is 10.6. The van der Waals surface area contributed by atoms with Gasteiger partial charge in [-0.25, -0.2) is 4.79 Å². The van der Waals surface area contributed by atoms with Gasteiger partial charge in [0.05, 0.1) is 24.5 Å². The molecule has 10 heteroatoms. The highest BCUT2D eigenvalue weighted by Crippen LogP contribution is 2.42. The maximum atomic E-state index is 13.6. The first-order chi connectivity index (χ1) is 27.6. The molecule has 1 fully saturated rings. The molecule has 3 N–H and O–H groups in total. The predicted octanol–water partition coefficient (Wildman–Crippen LogP) is 8.58. The van der Waals surface area contributed by atoms with Crippen LogP contribution in [0.3, 0.4) is 0 Å². The van der Waals surface area contributed by atoms with Crippen LogP contribution < -0.4 is 16.0 Å². The van der Waals surface area contributed by atoms with E-state index in [2.05, 4.69) is 28.9 Å². The number of para-hydroxylation sites is 2. The molecule has 7 rings (SSSR count). The van der Waals surface area contributed by atoms with Crippen molar-refractivity contribution in [3.8, 4) is 0 Å². The summed E-state index contributed by atoms with van der Waals surface area (Å²) in [5, 5.41) is 3.62. The summed E-state index contributed by atoms with van der Waals surface area (Å²) in [6.45, 7) is 14.7. The van der Waals surface area contributed by atoms with E-state index in [9.17, 15) is 14.4 Å². The van der Waals surface area contributed by atoms with Crippen molar-refractivity contribution < 1.29 is 19.1 Å². The Balaban J connectivity index is 0.000000446. The van der Waals surface area contributed by atoms with Gasteiger partial charge in [0.2, 0.25) is 11.8 Å². The number of rotatable bonds is 7. The van der Waals surface area contributed by atoms with Gasteiger partial charge in [-0.3, -0.25) is 14.5 Å². The van der Waals surface area contributed by atoms with Gasteiger partial charge in [0.1, 0.15) is 12.6 Å². The fourth-order valence-electron chi connectivity index (χ4n) is 7.25. The van der Waals surface area contributed by atoms with Crippen molar-refractivity contribution >= 4 is 46.5 Å². The highest BCUT2D eigenvalue weighted by Gasteiger charge is 2.37. The zero-order chi connectivity index (χ0) is 40.9. The lowest BCUT2D eigenvalue weighted by molar-refractivity contribution is -0.134. The average molecular weight is 788 g/mol. The molecule has 0 bridgehead atoms. The summed E-state index contributed by atoms with van der Waals surface area (Å²) in [5.74, 6) is -0.616. The van der Waals surface area contributed by atoms with E-state index < -0.39 is 12.1 Å². The Kier molecular flexibility index (Phi) is 15.1. The number of aryl methyl sites for hydroxylation is 1. The van der Waals surface area contributed by atoms with Crippen molar-refractivity contribution in [3.63, 3.8) is 0 Å². The molecule has 9 nitrogen and oxygen atoms in total. The first-order valence-electron chi connectivity index (χ1n) is 19.4. The molecule has 0 aromatic heterocycles. The molecule has 1 saturated heterocycles. The van der Waals surface area contributed by atoms with E-state index in [1.54, 1.807) is 4.90 Å². The van der Waals surface area contributed by atoms with E-state index in [-0.39, 0.29) is 37.4 Å². The van der Waals surface area contributed by atoms with E-state index in [1.165, 1.54) is 10.5 Å². The number of piperazine rings is 1. The average Bonchev–Trinajstić information content (AvgIpc) is 3.52. The quantitative estimate of drug-likeness (QED) is 0.144. The van der Waals surface area contributed by atoms with Gasteiger partial charge in [0.25, 0.3) is 0 Å². The Bertz CT molecular complexity index is 2060. The molecule has 0 saturated carbocycles. The Morgan fingerprint density at radius 2 is 1.49 bits per heavy atom. The molecular formula is C47H54ClN5O4. The van der Waals surface area contributed by atoms with Crippen molar-refractivity contribution in [1.82, 2.24) is 15.1 Å². The summed E-state index contributed by atoms with van der Waals surface area (Å²) in [5.41, 5.74) is 15.4. The van der Waals surface area contributed by atoms with Crippen LogP contribution >= 0.6 is 11.6 Å². The number of benzene rings is 4. The van der Waals surface area contributed by atoms with Crippen LogP contribution in [-0.4, -0.2) is 73.1 Å². The lowest BCUT2D eigenvalue weighted by Crippen LogP contribution is -2.55. The Morgan fingerprint density at radius 3 is 2.14 bits per heavy atom. The molecule has 2 aliphatic heterocycles. The molecule has 0 radical (unpaired) electrons. The highest BCUT2D eigenvalue weighted by molar-refractivity contribution is 6.30. The third-order valence-corrected chi connectivity index (χ3v) is 10.9. The van der Waals surface area contributed by atoms with Crippen molar-refractivity contribution in [2.75, 3.05) is 50.0 Å². The number of ether oxygens (including phenoxy) is 1. The number of nitrogens with zero attached hydrogens (tertiary/aromatic N) is 3. The minimum Gasteiger partial charge on any atom is -0.448 e. The standard InChI is InChI=1S/C36H39N5O4.C7H7Cl.C4H8/c1-3-27-24(2)30(29-13-7-6-12-28(27)29)23-45-36(44)41-22-26-11-5-4-10-25(26)20-33(41)35(43)38-21-34(42)40-18-16-39(17-19-40)32-15-9-8-14-31(32)37;1-6-2-4-7(8)5-3-6;1-3-4-2/h3-15,30,33H,1,16-23,37H2,2H3,(H,38,43);2-5H,1H3;3-4H,1-2H3/b;;4-3-. The maximum Gasteiger partial charge on any atom is 0.410 e. The molecule has 3 amide bonds. The zero-order valence-corrected chi connectivity index (χ0v) is 34.2. The Labute approximate surface area is 342 Å². The van der Waals surface area contributed by atoms with Crippen LogP contribution in [-0.2, 0) is 27.3 Å². The van der Waals surface area contributed by atoms with Gasteiger partial charge in [-0.1, -0.05) is 120 Å². The Morgan fingerprint density at radius 1 is 0.860 bits per heavy atom. The summed E-state index contributed by atoms with van der Waals surface area (Å²) in [7, 11) is 0. The topological polar surface area (TPSA) is 108 Å². The van der Waals surface area contributed by atoms with Crippen molar-refractivity contribution in [1.29, 1.82) is 0 Å². The molecule has 2 atom stereocenters. The number of allylic oxidation sites excluding steroid dienone is 4. The second kappa shape index (κ2) is 20.4. The van der Waals surface area contributed by atoms with E-state index >= 15 is 0 Å². The van der Waals surface area contributed by atoms with E-state index in [0.29, 0.717) is 38.3 Å². The van der Waals surface area contributed by atoms with Gasteiger partial charge < -0.3 is 25.6 Å². The number of fused-ring (bicyclic) bond motifs is 2. The number of nitrogen functional groups attached to an aromatic ring is 1. The summed E-state index contributed by atoms with van der Waals surface area (Å²) in [4.78, 5) is 45.7. The number of hydrogen-bond acceptors (Lipinski definition) is 6. The smallest absolute Gasteiger partial charge is 0.410 e. The minimum absolute atomic E-state index is 0.0843. The number of nitrogens with two attached hydrogens (primary N) is 1. The van der Waals surface area contributed by atoms with Gasteiger partial charge in [-0.2, -0.15) is 0 Å². The van der Waals surface area contributed by atoms with Crippen molar-refractivity contribution in [2.45, 2.75) is 52.6 Å². The summed E-state index contributed by atoms with van der Waals surface area (Å²) in [6, 6.07) is 30.5. The zero-order valence-electron chi connectivity index (χ0n) is 33.4. The molecular weight excluding hydrogens is 734 g/mol. The Hall–Kier alpha value is -5.80. The van der Waals surface area contributed by atoms with Gasteiger partial charge >= 0.3 is 6.09 Å². The first-order valence-corrected chi connectivity index (χ1v) is 19.8. The number of halogens is 1. The molecule has 298 valence electrons. The van der Waals surface area contributed by atoms with Crippen LogP contribution in [0.25, 0.3) is 5.57 Å². The molecule has 4 aromatic rings. The normalized spacial score (nSPS) is 17.0. The van der Waals surface area contributed by atoms with Gasteiger partial charge in [-0.05, 0) is 79.8 Å². The van der Waals surface area contributed by atoms with Crippen LogP contribution in [0.1, 0.15) is 54.5 Å². The van der Waals surface area contributed by atoms with Crippen LogP contribution in [0.4, 0.5) is 16.2 Å². The third kappa shape index (κ3) is 10.7. The fraction of sp³-hybridized carbons (Fsp3) is 0.298. The largest absolute Gasteiger partial charge is 0.448 e. The molecule has 2 heterocycles. The SMILES string of the molecule is C/C=C\C.C=CC1=C(C)C(COC(=O)N2Cc3ccccc3CC2C(=O)NCC(=O)N2CCN(c3ccccc3N)CC2)c2ccccc21.Cc1ccc(Cl)cc1. The number of carbonyl (C=O) groups excluding carboxylic acids is 3. The number of anilines is 2. The highest BCUT2D eigenvalue weighted by atomic mass is 35.5. The summed E-state index contributed by atoms with van der Waals surface area (Å²) >= 11 is 5.61. The van der Waals surface area contributed by atoms with Gasteiger partial charge in [0, 0.05) is 43.5 Å². The molecule has 2 unspecified atom stereocenters. The number of hydrogen-bond donors (Lipinski definition) is 2. The number of nitrogens with one attached hydrogen (secondary N) is 1. The van der Waals surface area contributed by atoms with Crippen LogP contribution in [0, 0.1) is 6.92 Å². The summed E-state index contributed by atoms with van der Waals surface area (Å²) in [6.07, 6.45) is 5.64. The first kappa shape index (κ1) is 42.3. The maximum absolute atomic E-state index is 13.6. The monoisotopic (exact) mass is 787 g/mol. The summed E-state index contributed by atoms with van der Waals surface area (Å²) < 4.78 is 5.91. The number of amides is 3. The van der Waals surface area contributed by atoms with Crippen LogP contribution in [0.2, 0.25) is 5.02 Å². The fourth-order valence-corrected chi connectivity index (χ4v) is 7.38. The second-order valence-electron chi connectivity index (χ2n) is 14.2. The van der Waals surface area contributed by atoms with E-state index in [4.69, 9.17) is 22.1 Å². The van der Waals surface area contributed by atoms with Gasteiger partial charge in [0.15, 0.2) is 0 Å². The van der Waals surface area contributed by atoms with Crippen molar-refractivity contribution in [3.05, 3.63) is 160 Å². The molecule has 3 aliphatic rings.